The first kappa shape index (κ1) is 22.9. The molecule has 5 rings (SSSR count). The maximum absolute atomic E-state index is 13.5. The van der Waals surface area contributed by atoms with Gasteiger partial charge < -0.3 is 0 Å². The molecule has 0 bridgehead atoms. The molecule has 2 heterocycles. The van der Waals surface area contributed by atoms with Crippen molar-refractivity contribution >= 4 is 40.8 Å². The molecule has 0 fully saturated rings. The van der Waals surface area contributed by atoms with Crippen LogP contribution in [0.15, 0.2) is 52.5 Å². The highest BCUT2D eigenvalue weighted by Gasteiger charge is 2.36. The molecule has 0 atom stereocenters. The van der Waals surface area contributed by atoms with Crippen LogP contribution < -0.4 is 5.01 Å². The third-order valence-corrected chi connectivity index (χ3v) is 7.58. The molecule has 174 valence electrons. The number of carbonyl (C=O) groups excluding carboxylic acids is 2. The highest BCUT2D eigenvalue weighted by molar-refractivity contribution is 8.04. The fraction of sp³-hybridized carbons (Fsp3) is 0.308. The van der Waals surface area contributed by atoms with E-state index in [-0.39, 0.29) is 18.1 Å². The number of ketones is 1. The van der Waals surface area contributed by atoms with Gasteiger partial charge in [-0.2, -0.15) is 4.68 Å². The van der Waals surface area contributed by atoms with Gasteiger partial charge in [0.2, 0.25) is 11.1 Å². The van der Waals surface area contributed by atoms with Crippen molar-refractivity contribution in [2.75, 3.05) is 5.01 Å². The summed E-state index contributed by atoms with van der Waals surface area (Å²) in [6.45, 7) is 3.66. The molecule has 6 nitrogen and oxygen atoms in total. The number of nitrogens with zero attached hydrogens (tertiary/aromatic N) is 4. The molecule has 0 saturated heterocycles. The zero-order valence-electron chi connectivity index (χ0n) is 19.2. The molecule has 34 heavy (non-hydrogen) atoms. The highest BCUT2D eigenvalue weighted by atomic mass is 35.5. The minimum absolute atomic E-state index is 0.0195. The fourth-order valence-corrected chi connectivity index (χ4v) is 5.70. The van der Waals surface area contributed by atoms with Gasteiger partial charge in [0.1, 0.15) is 0 Å². The Kier molecular flexibility index (Phi) is 6.32. The lowest BCUT2D eigenvalue weighted by Gasteiger charge is -2.33. The van der Waals surface area contributed by atoms with E-state index in [1.165, 1.54) is 29.3 Å². The van der Waals surface area contributed by atoms with E-state index in [2.05, 4.69) is 22.3 Å². The summed E-state index contributed by atoms with van der Waals surface area (Å²) < 4.78 is 1.74. The molecule has 2 aliphatic rings. The number of hydrogen-bond acceptors (Lipinski definition) is 5. The molecule has 8 heteroatoms. The second-order valence-corrected chi connectivity index (χ2v) is 9.85. The standard InChI is InChI=1S/C26H25ClN4O2S/c1-3-21(32)24-23(19-10-9-16-7-5-6-8-18(16)15-19)30(22(33)4-2)31-25(28-29-26(31)34-24)17-11-13-20(27)14-12-17/h9-15H,3-8H2,1-2H3. The number of fused-ring (bicyclic) bond motifs is 2. The fourth-order valence-electron chi connectivity index (χ4n) is 4.49. The van der Waals surface area contributed by atoms with Gasteiger partial charge in [-0.05, 0) is 78.9 Å². The summed E-state index contributed by atoms with van der Waals surface area (Å²) in [6.07, 6.45) is 5.03. The average Bonchev–Trinajstić information content (AvgIpc) is 3.30. The SMILES string of the molecule is CCC(=O)C1=C(c2ccc3c(c2)CCCC3)N(C(=O)CC)n2c(nnc2-c2ccc(Cl)cc2)S1. The normalized spacial score (nSPS) is 15.2. The van der Waals surface area contributed by atoms with Crippen LogP contribution in [0.2, 0.25) is 5.02 Å². The van der Waals surface area contributed by atoms with Crippen LogP contribution in [-0.4, -0.2) is 26.6 Å². The van der Waals surface area contributed by atoms with Gasteiger partial charge in [-0.25, -0.2) is 5.01 Å². The zero-order valence-corrected chi connectivity index (χ0v) is 20.7. The van der Waals surface area contributed by atoms with Crippen molar-refractivity contribution in [2.24, 2.45) is 0 Å². The molecule has 1 aromatic heterocycles. The van der Waals surface area contributed by atoms with Crippen molar-refractivity contribution in [1.82, 2.24) is 14.9 Å². The van der Waals surface area contributed by atoms with Gasteiger partial charge in [0.15, 0.2) is 11.6 Å². The summed E-state index contributed by atoms with van der Waals surface area (Å²) in [5.41, 5.74) is 4.91. The summed E-state index contributed by atoms with van der Waals surface area (Å²) in [5.74, 6) is 0.374. The lowest BCUT2D eigenvalue weighted by atomic mass is 9.89. The van der Waals surface area contributed by atoms with Gasteiger partial charge >= 0.3 is 0 Å². The largest absolute Gasteiger partial charge is 0.294 e. The first-order valence-corrected chi connectivity index (χ1v) is 12.8. The van der Waals surface area contributed by atoms with E-state index in [1.807, 2.05) is 32.0 Å². The Labute approximate surface area is 208 Å². The van der Waals surface area contributed by atoms with E-state index >= 15 is 0 Å². The number of halogens is 1. The smallest absolute Gasteiger partial charge is 0.246 e. The molecule has 0 spiro atoms. The number of amides is 1. The second-order valence-electron chi connectivity index (χ2n) is 8.43. The molecule has 0 radical (unpaired) electrons. The van der Waals surface area contributed by atoms with E-state index in [9.17, 15) is 9.59 Å². The lowest BCUT2D eigenvalue weighted by Crippen LogP contribution is -2.42. The predicted molar refractivity (Wildman–Crippen MR) is 135 cm³/mol. The second kappa shape index (κ2) is 9.39. The summed E-state index contributed by atoms with van der Waals surface area (Å²) in [6, 6.07) is 13.6. The minimum atomic E-state index is -0.134. The van der Waals surface area contributed by atoms with Gasteiger partial charge in [-0.15, -0.1) is 10.2 Å². The Morgan fingerprint density at radius 2 is 1.65 bits per heavy atom. The third kappa shape index (κ3) is 3.97. The number of benzene rings is 2. The molecule has 0 saturated carbocycles. The number of allylic oxidation sites excluding steroid dienone is 1. The Balaban J connectivity index is 1.73. The molecule has 0 N–H and O–H groups in total. The first-order chi connectivity index (χ1) is 16.5. The maximum atomic E-state index is 13.5. The van der Waals surface area contributed by atoms with E-state index in [1.54, 1.807) is 21.8 Å². The van der Waals surface area contributed by atoms with Crippen LogP contribution in [0, 0.1) is 0 Å². The molecular formula is C26H25ClN4O2S. The number of aromatic nitrogens is 3. The molecule has 2 aromatic carbocycles. The van der Waals surface area contributed by atoms with Crippen molar-refractivity contribution in [1.29, 1.82) is 0 Å². The first-order valence-electron chi connectivity index (χ1n) is 11.6. The van der Waals surface area contributed by atoms with Crippen LogP contribution in [0.3, 0.4) is 0 Å². The van der Waals surface area contributed by atoms with E-state index < -0.39 is 0 Å². The Morgan fingerprint density at radius 1 is 0.941 bits per heavy atom. The van der Waals surface area contributed by atoms with Crippen molar-refractivity contribution in [2.45, 2.75) is 57.5 Å². The maximum Gasteiger partial charge on any atom is 0.246 e. The monoisotopic (exact) mass is 492 g/mol. The lowest BCUT2D eigenvalue weighted by molar-refractivity contribution is -0.118. The van der Waals surface area contributed by atoms with Crippen LogP contribution in [-0.2, 0) is 22.4 Å². The summed E-state index contributed by atoms with van der Waals surface area (Å²) in [5, 5.41) is 11.5. The topological polar surface area (TPSA) is 68.1 Å². The Morgan fingerprint density at radius 3 is 2.35 bits per heavy atom. The zero-order chi connectivity index (χ0) is 23.8. The van der Waals surface area contributed by atoms with Gasteiger partial charge in [-0.3, -0.25) is 9.59 Å². The quantitative estimate of drug-likeness (QED) is 0.450. The number of carbonyl (C=O) groups is 2. The molecule has 0 unspecified atom stereocenters. The van der Waals surface area contributed by atoms with Gasteiger partial charge in [0.25, 0.3) is 0 Å². The van der Waals surface area contributed by atoms with Crippen molar-refractivity contribution in [3.63, 3.8) is 0 Å². The predicted octanol–water partition coefficient (Wildman–Crippen LogP) is 5.81. The van der Waals surface area contributed by atoms with Gasteiger partial charge in [-0.1, -0.05) is 37.6 Å². The molecule has 1 aliphatic heterocycles. The van der Waals surface area contributed by atoms with Crippen molar-refractivity contribution in [3.8, 4) is 11.4 Å². The van der Waals surface area contributed by atoms with E-state index in [0.29, 0.717) is 33.0 Å². The summed E-state index contributed by atoms with van der Waals surface area (Å²) in [7, 11) is 0. The minimum Gasteiger partial charge on any atom is -0.294 e. The number of Topliss-reactive ketones (excluding diaryl/α,β-unsaturated/α-hetero) is 1. The van der Waals surface area contributed by atoms with Crippen molar-refractivity contribution in [3.05, 3.63) is 69.1 Å². The van der Waals surface area contributed by atoms with Crippen molar-refractivity contribution < 1.29 is 9.59 Å². The number of rotatable bonds is 5. The Hall–Kier alpha value is -2.90. The molecule has 3 aromatic rings. The summed E-state index contributed by atoms with van der Waals surface area (Å²) in [4.78, 5) is 27.1. The number of aryl methyl sites for hydroxylation is 2. The average molecular weight is 493 g/mol. The van der Waals surface area contributed by atoms with Crippen LogP contribution in [0.4, 0.5) is 0 Å². The van der Waals surface area contributed by atoms with E-state index in [0.717, 1.165) is 30.4 Å². The molecule has 1 aliphatic carbocycles. The number of thioether (sulfide) groups is 1. The van der Waals surface area contributed by atoms with Gasteiger partial charge in [0, 0.05) is 29.0 Å². The highest BCUT2D eigenvalue weighted by Crippen LogP contribution is 2.42. The van der Waals surface area contributed by atoms with Crippen LogP contribution in [0.1, 0.15) is 56.2 Å². The van der Waals surface area contributed by atoms with Crippen LogP contribution in [0.5, 0.6) is 0 Å². The van der Waals surface area contributed by atoms with E-state index in [4.69, 9.17) is 11.6 Å². The van der Waals surface area contributed by atoms with Crippen LogP contribution in [0.25, 0.3) is 17.1 Å². The Bertz CT molecular complexity index is 1310. The molecule has 1 amide bonds. The summed E-state index contributed by atoms with van der Waals surface area (Å²) >= 11 is 7.37. The number of hydrogen-bond donors (Lipinski definition) is 0. The van der Waals surface area contributed by atoms with Gasteiger partial charge in [0.05, 0.1) is 10.6 Å². The molecular weight excluding hydrogens is 468 g/mol. The third-order valence-electron chi connectivity index (χ3n) is 6.27. The van der Waals surface area contributed by atoms with Crippen LogP contribution >= 0.6 is 23.4 Å².